The smallest absolute Gasteiger partial charge is 0.308 e. The SMILES string of the molecule is CCCCN(CCCC)C(=O)CN1C[C@H](c2ccc3c(c2)OCO3)[C@H](C(=O)O)[C@H]1C1CCC(OC)CC1. The van der Waals surface area contributed by atoms with E-state index in [1.165, 1.54) is 0 Å². The summed E-state index contributed by atoms with van der Waals surface area (Å²) in [6.45, 7) is 6.82. The van der Waals surface area contributed by atoms with Crippen LogP contribution in [0.15, 0.2) is 18.2 Å². The summed E-state index contributed by atoms with van der Waals surface area (Å²) in [6, 6.07) is 5.59. The number of benzene rings is 1. The third-order valence-corrected chi connectivity index (χ3v) is 8.55. The molecule has 1 amide bonds. The molecule has 0 spiro atoms. The lowest BCUT2D eigenvalue weighted by Crippen LogP contribution is -2.48. The summed E-state index contributed by atoms with van der Waals surface area (Å²) in [5.74, 6) is 0.107. The van der Waals surface area contributed by atoms with Crippen LogP contribution in [0.4, 0.5) is 0 Å². The van der Waals surface area contributed by atoms with Crippen molar-refractivity contribution in [3.05, 3.63) is 23.8 Å². The molecule has 1 aliphatic carbocycles. The van der Waals surface area contributed by atoms with Crippen molar-refractivity contribution in [1.29, 1.82) is 0 Å². The lowest BCUT2D eigenvalue weighted by molar-refractivity contribution is -0.145. The lowest BCUT2D eigenvalue weighted by Gasteiger charge is -2.38. The highest BCUT2D eigenvalue weighted by molar-refractivity contribution is 5.79. The zero-order valence-electron chi connectivity index (χ0n) is 22.7. The number of hydrogen-bond acceptors (Lipinski definition) is 6. The highest BCUT2D eigenvalue weighted by atomic mass is 16.7. The minimum atomic E-state index is -0.787. The highest BCUT2D eigenvalue weighted by Crippen LogP contribution is 2.46. The molecule has 206 valence electrons. The normalized spacial score (nSPS) is 27.4. The molecule has 3 atom stereocenters. The maximum atomic E-state index is 13.6. The van der Waals surface area contributed by atoms with Gasteiger partial charge in [-0.3, -0.25) is 14.5 Å². The van der Waals surface area contributed by atoms with Crippen LogP contribution in [-0.2, 0) is 14.3 Å². The van der Waals surface area contributed by atoms with Crippen LogP contribution in [0.5, 0.6) is 11.5 Å². The molecule has 0 bridgehead atoms. The maximum absolute atomic E-state index is 13.6. The number of unbranched alkanes of at least 4 members (excludes halogenated alkanes) is 2. The Labute approximate surface area is 221 Å². The van der Waals surface area contributed by atoms with Gasteiger partial charge in [0.05, 0.1) is 18.6 Å². The van der Waals surface area contributed by atoms with Crippen molar-refractivity contribution in [3.8, 4) is 11.5 Å². The van der Waals surface area contributed by atoms with Crippen molar-refractivity contribution in [2.45, 2.75) is 83.3 Å². The fraction of sp³-hybridized carbons (Fsp3) is 0.724. The number of ether oxygens (including phenoxy) is 3. The molecule has 2 heterocycles. The predicted molar refractivity (Wildman–Crippen MR) is 141 cm³/mol. The number of amides is 1. The van der Waals surface area contributed by atoms with Crippen LogP contribution >= 0.6 is 0 Å². The first-order chi connectivity index (χ1) is 18.0. The minimum Gasteiger partial charge on any atom is -0.481 e. The molecule has 2 fully saturated rings. The number of methoxy groups -OCH3 is 1. The molecule has 0 aromatic heterocycles. The van der Waals surface area contributed by atoms with Gasteiger partial charge in [0.2, 0.25) is 12.7 Å². The molecule has 1 aromatic carbocycles. The zero-order chi connectivity index (χ0) is 26.4. The fourth-order valence-corrected chi connectivity index (χ4v) is 6.49. The Kier molecular flexibility index (Phi) is 9.71. The van der Waals surface area contributed by atoms with E-state index in [-0.39, 0.29) is 43.2 Å². The average Bonchev–Trinajstić information content (AvgIpc) is 3.53. The molecular formula is C29H44N2O6. The fourth-order valence-electron chi connectivity index (χ4n) is 6.49. The van der Waals surface area contributed by atoms with Crippen molar-refractivity contribution in [2.75, 3.05) is 40.1 Å². The number of carboxylic acid groups (broad SMARTS) is 1. The molecule has 1 N–H and O–H groups in total. The van der Waals surface area contributed by atoms with Crippen molar-refractivity contribution < 1.29 is 28.9 Å². The number of rotatable bonds is 12. The quantitative estimate of drug-likeness (QED) is 0.437. The number of aliphatic carboxylic acids is 1. The first-order valence-electron chi connectivity index (χ1n) is 14.1. The van der Waals surface area contributed by atoms with E-state index in [9.17, 15) is 14.7 Å². The first-order valence-corrected chi connectivity index (χ1v) is 14.1. The van der Waals surface area contributed by atoms with Gasteiger partial charge in [-0.1, -0.05) is 32.8 Å². The van der Waals surface area contributed by atoms with Gasteiger partial charge in [0.1, 0.15) is 0 Å². The van der Waals surface area contributed by atoms with Crippen LogP contribution in [0, 0.1) is 11.8 Å². The van der Waals surface area contributed by atoms with Crippen molar-refractivity contribution in [2.24, 2.45) is 11.8 Å². The second kappa shape index (κ2) is 13.0. The number of likely N-dealkylation sites (tertiary alicyclic amines) is 1. The van der Waals surface area contributed by atoms with Gasteiger partial charge in [0.15, 0.2) is 11.5 Å². The van der Waals surface area contributed by atoms with Crippen LogP contribution < -0.4 is 9.47 Å². The van der Waals surface area contributed by atoms with Gasteiger partial charge in [-0.15, -0.1) is 0 Å². The predicted octanol–water partition coefficient (Wildman–Crippen LogP) is 4.52. The van der Waals surface area contributed by atoms with Crippen LogP contribution in [0.1, 0.15) is 76.7 Å². The van der Waals surface area contributed by atoms with E-state index in [2.05, 4.69) is 18.7 Å². The molecule has 4 rings (SSSR count). The number of carbonyl (C=O) groups is 2. The van der Waals surface area contributed by atoms with Crippen LogP contribution in [-0.4, -0.2) is 79.0 Å². The van der Waals surface area contributed by atoms with Crippen LogP contribution in [0.2, 0.25) is 0 Å². The Hall–Kier alpha value is -2.32. The van der Waals surface area contributed by atoms with E-state index < -0.39 is 11.9 Å². The third-order valence-electron chi connectivity index (χ3n) is 8.55. The van der Waals surface area contributed by atoms with E-state index >= 15 is 0 Å². The van der Waals surface area contributed by atoms with Crippen molar-refractivity contribution in [1.82, 2.24) is 9.80 Å². The number of fused-ring (bicyclic) bond motifs is 1. The van der Waals surface area contributed by atoms with Gasteiger partial charge in [0.25, 0.3) is 0 Å². The molecule has 8 heteroatoms. The standard InChI is InChI=1S/C29H44N2O6/c1-4-6-14-30(15-7-5-2)26(32)18-31-17-23(21-10-13-24-25(16-21)37-19-36-24)27(29(33)34)28(31)20-8-11-22(35-3)12-9-20/h10,13,16,20,22-23,27-28H,4-9,11-12,14-15,17-19H2,1-3H3,(H,33,34)/t20?,22?,23-,27+,28-/m1/s1. The van der Waals surface area contributed by atoms with Crippen LogP contribution in [0.25, 0.3) is 0 Å². The maximum Gasteiger partial charge on any atom is 0.308 e. The number of hydrogen-bond donors (Lipinski definition) is 1. The summed E-state index contributed by atoms with van der Waals surface area (Å²) in [4.78, 5) is 30.6. The highest BCUT2D eigenvalue weighted by Gasteiger charge is 2.50. The van der Waals surface area contributed by atoms with E-state index in [4.69, 9.17) is 14.2 Å². The van der Waals surface area contributed by atoms with Crippen molar-refractivity contribution in [3.63, 3.8) is 0 Å². The summed E-state index contributed by atoms with van der Waals surface area (Å²) in [5.41, 5.74) is 0.941. The first kappa shape index (κ1) is 27.7. The number of carboxylic acids is 1. The lowest BCUT2D eigenvalue weighted by atomic mass is 9.75. The summed E-state index contributed by atoms with van der Waals surface area (Å²) in [6.07, 6.45) is 7.98. The summed E-state index contributed by atoms with van der Waals surface area (Å²) in [7, 11) is 1.75. The van der Waals surface area contributed by atoms with Gasteiger partial charge < -0.3 is 24.2 Å². The van der Waals surface area contributed by atoms with E-state index in [0.717, 1.165) is 70.0 Å². The molecule has 1 aromatic rings. The summed E-state index contributed by atoms with van der Waals surface area (Å²) >= 11 is 0. The molecule has 2 aliphatic heterocycles. The molecular weight excluding hydrogens is 472 g/mol. The van der Waals surface area contributed by atoms with Crippen molar-refractivity contribution >= 4 is 11.9 Å². The largest absolute Gasteiger partial charge is 0.481 e. The van der Waals surface area contributed by atoms with E-state index in [1.807, 2.05) is 23.1 Å². The number of nitrogens with zero attached hydrogens (tertiary/aromatic N) is 2. The average molecular weight is 517 g/mol. The van der Waals surface area contributed by atoms with Gasteiger partial charge in [-0.2, -0.15) is 0 Å². The summed E-state index contributed by atoms with van der Waals surface area (Å²) < 4.78 is 16.7. The van der Waals surface area contributed by atoms with Gasteiger partial charge in [-0.25, -0.2) is 0 Å². The Morgan fingerprint density at radius 1 is 1.05 bits per heavy atom. The van der Waals surface area contributed by atoms with E-state index in [1.54, 1.807) is 7.11 Å². The van der Waals surface area contributed by atoms with Crippen LogP contribution in [0.3, 0.4) is 0 Å². The second-order valence-corrected chi connectivity index (χ2v) is 10.9. The molecule has 1 saturated carbocycles. The van der Waals surface area contributed by atoms with Gasteiger partial charge >= 0.3 is 5.97 Å². The monoisotopic (exact) mass is 516 g/mol. The van der Waals surface area contributed by atoms with Gasteiger partial charge in [-0.05, 0) is 62.1 Å². The molecule has 3 aliphatic rings. The topological polar surface area (TPSA) is 88.5 Å². The Morgan fingerprint density at radius 2 is 1.73 bits per heavy atom. The molecule has 0 radical (unpaired) electrons. The van der Waals surface area contributed by atoms with E-state index in [0.29, 0.717) is 18.0 Å². The third kappa shape index (κ3) is 6.40. The molecule has 8 nitrogen and oxygen atoms in total. The zero-order valence-corrected chi connectivity index (χ0v) is 22.7. The molecule has 37 heavy (non-hydrogen) atoms. The van der Waals surface area contributed by atoms with Gasteiger partial charge in [0, 0.05) is 38.7 Å². The molecule has 0 unspecified atom stereocenters. The summed E-state index contributed by atoms with van der Waals surface area (Å²) in [5, 5.41) is 10.5. The Morgan fingerprint density at radius 3 is 2.35 bits per heavy atom. The Balaban J connectivity index is 1.60. The number of carbonyl (C=O) groups excluding carboxylic acids is 1. The Bertz CT molecular complexity index is 908. The minimum absolute atomic E-state index is 0.118. The second-order valence-electron chi connectivity index (χ2n) is 10.9. The molecule has 1 saturated heterocycles.